The lowest BCUT2D eigenvalue weighted by Gasteiger charge is -2.33. The Kier molecular flexibility index (Phi) is 3.51. The molecular weight excluding hydrogens is 272 g/mol. The summed E-state index contributed by atoms with van der Waals surface area (Å²) < 4.78 is 1.90. The molecule has 0 spiro atoms. The van der Waals surface area contributed by atoms with Gasteiger partial charge in [0.15, 0.2) is 0 Å². The van der Waals surface area contributed by atoms with Gasteiger partial charge in [0.25, 0.3) is 5.69 Å². The first-order valence-electron chi connectivity index (χ1n) is 6.87. The van der Waals surface area contributed by atoms with Crippen LogP contribution in [0.3, 0.4) is 0 Å². The van der Waals surface area contributed by atoms with E-state index in [2.05, 4.69) is 20.2 Å². The molecule has 1 aliphatic heterocycles. The molecule has 2 aromatic rings. The molecule has 0 N–H and O–H groups in total. The Morgan fingerprint density at radius 1 is 1.38 bits per heavy atom. The molecule has 2 aromatic heterocycles. The number of pyridine rings is 1. The first-order chi connectivity index (χ1) is 10.1. The number of rotatable bonds is 3. The van der Waals surface area contributed by atoms with Gasteiger partial charge in [0.1, 0.15) is 12.0 Å². The number of piperidine rings is 1. The maximum atomic E-state index is 10.8. The molecule has 0 saturated carbocycles. The van der Waals surface area contributed by atoms with E-state index in [1.165, 1.54) is 6.20 Å². The van der Waals surface area contributed by atoms with Crippen molar-refractivity contribution in [3.63, 3.8) is 0 Å². The van der Waals surface area contributed by atoms with Crippen LogP contribution in [0.5, 0.6) is 0 Å². The van der Waals surface area contributed by atoms with Crippen molar-refractivity contribution in [3.05, 3.63) is 40.3 Å². The lowest BCUT2D eigenvalue weighted by Crippen LogP contribution is -2.35. The van der Waals surface area contributed by atoms with E-state index in [0.29, 0.717) is 6.04 Å². The van der Waals surface area contributed by atoms with Crippen molar-refractivity contribution < 1.29 is 4.92 Å². The average Bonchev–Trinajstić information content (AvgIpc) is 3.01. The van der Waals surface area contributed by atoms with Gasteiger partial charge in [-0.05, 0) is 25.3 Å². The zero-order valence-corrected chi connectivity index (χ0v) is 11.7. The molecule has 8 heteroatoms. The van der Waals surface area contributed by atoms with Crippen molar-refractivity contribution in [2.45, 2.75) is 25.8 Å². The topological polar surface area (TPSA) is 90.0 Å². The maximum absolute atomic E-state index is 10.8. The third-order valence-electron chi connectivity index (χ3n) is 3.83. The Balaban J connectivity index is 1.71. The Morgan fingerprint density at radius 3 is 2.71 bits per heavy atom. The summed E-state index contributed by atoms with van der Waals surface area (Å²) >= 11 is 0. The highest BCUT2D eigenvalue weighted by Gasteiger charge is 2.23. The molecule has 8 nitrogen and oxygen atoms in total. The molecule has 21 heavy (non-hydrogen) atoms. The molecule has 0 atom stereocenters. The van der Waals surface area contributed by atoms with Crippen molar-refractivity contribution in [1.29, 1.82) is 0 Å². The molecule has 0 amide bonds. The Hall–Kier alpha value is -2.51. The molecule has 0 bridgehead atoms. The van der Waals surface area contributed by atoms with E-state index < -0.39 is 4.92 Å². The number of aryl methyl sites for hydroxylation is 1. The molecule has 0 unspecified atom stereocenters. The number of aromatic nitrogens is 4. The van der Waals surface area contributed by atoms with Crippen molar-refractivity contribution in [2.75, 3.05) is 18.0 Å². The fourth-order valence-electron chi connectivity index (χ4n) is 2.74. The lowest BCUT2D eigenvalue weighted by molar-refractivity contribution is -0.385. The second kappa shape index (κ2) is 5.47. The number of nitro groups is 1. The van der Waals surface area contributed by atoms with E-state index in [1.807, 2.05) is 17.8 Å². The first kappa shape index (κ1) is 13.5. The summed E-state index contributed by atoms with van der Waals surface area (Å²) in [6.45, 7) is 3.57. The molecule has 1 fully saturated rings. The second-order valence-electron chi connectivity index (χ2n) is 5.19. The Bertz CT molecular complexity index is 634. The van der Waals surface area contributed by atoms with Crippen LogP contribution in [0.4, 0.5) is 11.5 Å². The smallest absolute Gasteiger partial charge is 0.287 e. The summed E-state index contributed by atoms with van der Waals surface area (Å²) in [7, 11) is 0. The molecule has 110 valence electrons. The summed E-state index contributed by atoms with van der Waals surface area (Å²) in [5, 5.41) is 18.6. The van der Waals surface area contributed by atoms with E-state index >= 15 is 0 Å². The summed E-state index contributed by atoms with van der Waals surface area (Å²) in [6, 6.07) is 1.94. The minimum absolute atomic E-state index is 0.0359. The van der Waals surface area contributed by atoms with E-state index in [9.17, 15) is 10.1 Å². The fraction of sp³-hybridized carbons (Fsp3) is 0.462. The molecule has 0 aromatic carbocycles. The minimum atomic E-state index is -0.416. The van der Waals surface area contributed by atoms with Crippen LogP contribution >= 0.6 is 0 Å². The summed E-state index contributed by atoms with van der Waals surface area (Å²) in [5.74, 6) is 0.831. The van der Waals surface area contributed by atoms with Gasteiger partial charge in [0, 0.05) is 25.4 Å². The van der Waals surface area contributed by atoms with Gasteiger partial charge in [0.05, 0.1) is 17.2 Å². The molecule has 3 heterocycles. The van der Waals surface area contributed by atoms with Gasteiger partial charge in [-0.25, -0.2) is 9.67 Å². The average molecular weight is 288 g/mol. The summed E-state index contributed by atoms with van der Waals surface area (Å²) in [5.41, 5.74) is 0.872. The van der Waals surface area contributed by atoms with E-state index in [-0.39, 0.29) is 5.69 Å². The van der Waals surface area contributed by atoms with Gasteiger partial charge in [-0.3, -0.25) is 10.1 Å². The predicted molar refractivity (Wildman–Crippen MR) is 76.1 cm³/mol. The van der Waals surface area contributed by atoms with Gasteiger partial charge < -0.3 is 4.90 Å². The van der Waals surface area contributed by atoms with Crippen LogP contribution in [-0.2, 0) is 0 Å². The zero-order valence-electron chi connectivity index (χ0n) is 11.7. The molecule has 1 saturated heterocycles. The first-order valence-corrected chi connectivity index (χ1v) is 6.87. The van der Waals surface area contributed by atoms with Crippen molar-refractivity contribution in [2.24, 2.45) is 0 Å². The van der Waals surface area contributed by atoms with Crippen LogP contribution in [0.25, 0.3) is 0 Å². The molecule has 3 rings (SSSR count). The van der Waals surface area contributed by atoms with E-state index in [0.717, 1.165) is 37.3 Å². The van der Waals surface area contributed by atoms with E-state index in [4.69, 9.17) is 0 Å². The quantitative estimate of drug-likeness (QED) is 0.631. The van der Waals surface area contributed by atoms with Crippen molar-refractivity contribution in [3.8, 4) is 0 Å². The SMILES string of the molecule is Cc1cc([N+](=O)[O-])cnc1N1CCC(n2ccnn2)CC1. The van der Waals surface area contributed by atoms with Crippen LogP contribution < -0.4 is 4.90 Å². The van der Waals surface area contributed by atoms with Crippen molar-refractivity contribution in [1.82, 2.24) is 20.0 Å². The highest BCUT2D eigenvalue weighted by Crippen LogP contribution is 2.27. The third-order valence-corrected chi connectivity index (χ3v) is 3.83. The Labute approximate surface area is 121 Å². The lowest BCUT2D eigenvalue weighted by atomic mass is 10.0. The van der Waals surface area contributed by atoms with Crippen molar-refractivity contribution >= 4 is 11.5 Å². The highest BCUT2D eigenvalue weighted by atomic mass is 16.6. The van der Waals surface area contributed by atoms with Crippen LogP contribution in [-0.4, -0.2) is 38.0 Å². The maximum Gasteiger partial charge on any atom is 0.287 e. The van der Waals surface area contributed by atoms with Crippen LogP contribution in [0.1, 0.15) is 24.4 Å². The predicted octanol–water partition coefficient (Wildman–Crippen LogP) is 1.73. The number of anilines is 1. The number of nitrogens with zero attached hydrogens (tertiary/aromatic N) is 6. The third kappa shape index (κ3) is 2.69. The fourth-order valence-corrected chi connectivity index (χ4v) is 2.74. The minimum Gasteiger partial charge on any atom is -0.356 e. The number of hydrogen-bond donors (Lipinski definition) is 0. The van der Waals surface area contributed by atoms with Gasteiger partial charge >= 0.3 is 0 Å². The van der Waals surface area contributed by atoms with Gasteiger partial charge in [-0.2, -0.15) is 0 Å². The molecule has 1 aliphatic rings. The zero-order chi connectivity index (χ0) is 14.8. The Morgan fingerprint density at radius 2 is 2.14 bits per heavy atom. The highest BCUT2D eigenvalue weighted by molar-refractivity contribution is 5.50. The van der Waals surface area contributed by atoms with Crippen LogP contribution in [0.2, 0.25) is 0 Å². The van der Waals surface area contributed by atoms with Gasteiger partial charge in [-0.1, -0.05) is 5.21 Å². The molecule has 0 radical (unpaired) electrons. The van der Waals surface area contributed by atoms with Gasteiger partial charge in [0.2, 0.25) is 0 Å². The molecular formula is C13H16N6O2. The van der Waals surface area contributed by atoms with E-state index in [1.54, 1.807) is 12.3 Å². The van der Waals surface area contributed by atoms with Gasteiger partial charge in [-0.15, -0.1) is 5.10 Å². The summed E-state index contributed by atoms with van der Waals surface area (Å²) in [4.78, 5) is 16.8. The molecule has 0 aliphatic carbocycles. The largest absolute Gasteiger partial charge is 0.356 e. The second-order valence-corrected chi connectivity index (χ2v) is 5.19. The monoisotopic (exact) mass is 288 g/mol. The standard InChI is InChI=1S/C13H16N6O2/c1-10-8-12(19(20)21)9-14-13(10)17-5-2-11(3-6-17)18-7-4-15-16-18/h4,7-9,11H,2-3,5-6H2,1H3. The van der Waals surface area contributed by atoms with Crippen LogP contribution in [0.15, 0.2) is 24.7 Å². The summed E-state index contributed by atoms with van der Waals surface area (Å²) in [6.07, 6.45) is 6.82. The normalized spacial score (nSPS) is 16.1. The number of hydrogen-bond acceptors (Lipinski definition) is 6. The van der Waals surface area contributed by atoms with Crippen LogP contribution in [0, 0.1) is 17.0 Å².